The highest BCUT2D eigenvalue weighted by atomic mass is 32.2. The first-order chi connectivity index (χ1) is 12.8. The molecule has 136 valence electrons. The van der Waals surface area contributed by atoms with Gasteiger partial charge in [0.15, 0.2) is 11.6 Å². The van der Waals surface area contributed by atoms with E-state index in [0.717, 1.165) is 48.0 Å². The van der Waals surface area contributed by atoms with Gasteiger partial charge in [-0.3, -0.25) is 0 Å². The van der Waals surface area contributed by atoms with E-state index in [2.05, 4.69) is 20.4 Å². The molecule has 3 aliphatic rings. The highest BCUT2D eigenvalue weighted by molar-refractivity contribution is 7.91. The molecule has 1 unspecified atom stereocenters. The Bertz CT molecular complexity index is 868. The molecular weight excluding hydrogens is 354 g/mol. The second-order valence-corrected chi connectivity index (χ2v) is 8.00. The van der Waals surface area contributed by atoms with Gasteiger partial charge < -0.3 is 24.1 Å². The second-order valence-electron chi connectivity index (χ2n) is 6.49. The largest absolute Gasteiger partial charge is 0.611 e. The predicted molar refractivity (Wildman–Crippen MR) is 95.2 cm³/mol. The molecule has 1 atom stereocenters. The van der Waals surface area contributed by atoms with E-state index in [1.807, 2.05) is 10.6 Å². The summed E-state index contributed by atoms with van der Waals surface area (Å²) in [7, 11) is 0. The van der Waals surface area contributed by atoms with E-state index in [9.17, 15) is 4.55 Å². The number of hydrogen-bond acceptors (Lipinski definition) is 8. The molecule has 26 heavy (non-hydrogen) atoms. The molecule has 5 rings (SSSR count). The van der Waals surface area contributed by atoms with E-state index >= 15 is 0 Å². The van der Waals surface area contributed by atoms with Gasteiger partial charge in [-0.1, -0.05) is 0 Å². The number of nitrogens with one attached hydrogen (secondary N) is 1. The summed E-state index contributed by atoms with van der Waals surface area (Å²) in [6, 6.07) is 0. The molecule has 0 fully saturated rings. The number of nitrogens with zero attached hydrogens (tertiary/aromatic N) is 6. The van der Waals surface area contributed by atoms with Crippen molar-refractivity contribution in [2.75, 3.05) is 35.7 Å². The zero-order valence-electron chi connectivity index (χ0n) is 14.2. The fourth-order valence-electron chi connectivity index (χ4n) is 3.44. The van der Waals surface area contributed by atoms with Crippen LogP contribution in [0.3, 0.4) is 0 Å². The van der Waals surface area contributed by atoms with Gasteiger partial charge in [-0.25, -0.2) is 4.98 Å². The van der Waals surface area contributed by atoms with Crippen LogP contribution in [0.15, 0.2) is 23.0 Å². The third-order valence-electron chi connectivity index (χ3n) is 4.84. The molecule has 10 heteroatoms. The maximum atomic E-state index is 12.5. The van der Waals surface area contributed by atoms with E-state index in [4.69, 9.17) is 14.7 Å². The molecular formula is C16H19N7O2S. The highest BCUT2D eigenvalue weighted by Crippen LogP contribution is 2.33. The van der Waals surface area contributed by atoms with E-state index in [-0.39, 0.29) is 0 Å². The molecule has 2 aromatic rings. The molecule has 2 aromatic heterocycles. The number of ether oxygens (including phenoxy) is 1. The summed E-state index contributed by atoms with van der Waals surface area (Å²) in [5.74, 6) is 2.84. The molecule has 0 spiro atoms. The average Bonchev–Trinajstić information content (AvgIpc) is 3.28. The summed E-state index contributed by atoms with van der Waals surface area (Å²) in [5, 5.41) is 11.5. The lowest BCUT2D eigenvalue weighted by atomic mass is 10.2. The first-order valence-corrected chi connectivity index (χ1v) is 10.0. The maximum Gasteiger partial charge on any atom is 0.228 e. The first kappa shape index (κ1) is 16.0. The summed E-state index contributed by atoms with van der Waals surface area (Å²) in [6.45, 7) is 3.50. The molecule has 0 aromatic carbocycles. The van der Waals surface area contributed by atoms with Crippen molar-refractivity contribution in [1.82, 2.24) is 24.7 Å². The molecule has 9 nitrogen and oxygen atoms in total. The average molecular weight is 373 g/mol. The first-order valence-electron chi connectivity index (χ1n) is 8.72. The summed E-state index contributed by atoms with van der Waals surface area (Å²) in [5.41, 5.74) is 1.95. The number of hydrogen-bond donors (Lipinski definition) is 1. The zero-order chi connectivity index (χ0) is 17.5. The van der Waals surface area contributed by atoms with Crippen LogP contribution in [0.25, 0.3) is 0 Å². The smallest absolute Gasteiger partial charge is 0.228 e. The van der Waals surface area contributed by atoms with Crippen molar-refractivity contribution in [2.45, 2.75) is 30.8 Å². The van der Waals surface area contributed by atoms with Crippen molar-refractivity contribution in [3.05, 3.63) is 29.6 Å². The minimum absolute atomic E-state index is 0.591. The van der Waals surface area contributed by atoms with Crippen LogP contribution in [0, 0.1) is 0 Å². The van der Waals surface area contributed by atoms with E-state index in [0.29, 0.717) is 37.3 Å². The normalized spacial score (nSPS) is 22.0. The fourth-order valence-corrected chi connectivity index (χ4v) is 4.75. The second kappa shape index (κ2) is 6.53. The zero-order valence-corrected chi connectivity index (χ0v) is 15.0. The molecule has 3 aliphatic heterocycles. The van der Waals surface area contributed by atoms with Crippen molar-refractivity contribution in [1.29, 1.82) is 0 Å². The highest BCUT2D eigenvalue weighted by Gasteiger charge is 2.33. The third kappa shape index (κ3) is 2.83. The number of aryl methyl sites for hydroxylation is 1. The Morgan fingerprint density at radius 1 is 1.23 bits per heavy atom. The topological polar surface area (TPSA) is 104 Å². The Labute approximate surface area is 153 Å². The lowest BCUT2D eigenvalue weighted by Crippen LogP contribution is -2.35. The molecule has 0 bridgehead atoms. The summed E-state index contributed by atoms with van der Waals surface area (Å²) in [6.07, 6.45) is 5.29. The molecule has 0 amide bonds. The van der Waals surface area contributed by atoms with Crippen LogP contribution >= 0.6 is 0 Å². The van der Waals surface area contributed by atoms with Crippen LogP contribution < -0.4 is 10.2 Å². The Kier molecular flexibility index (Phi) is 4.03. The fraction of sp³-hybridized carbons (Fsp3) is 0.500. The molecule has 5 heterocycles. The Morgan fingerprint density at radius 2 is 2.19 bits per heavy atom. The lowest BCUT2D eigenvalue weighted by molar-refractivity contribution is 0.155. The van der Waals surface area contributed by atoms with Gasteiger partial charge in [-0.15, -0.1) is 10.2 Å². The minimum Gasteiger partial charge on any atom is -0.611 e. The van der Waals surface area contributed by atoms with Crippen molar-refractivity contribution >= 4 is 22.9 Å². The molecule has 0 saturated heterocycles. The molecule has 0 radical (unpaired) electrons. The Morgan fingerprint density at radius 3 is 3.08 bits per heavy atom. The van der Waals surface area contributed by atoms with Crippen LogP contribution in [0.4, 0.5) is 11.8 Å². The van der Waals surface area contributed by atoms with Gasteiger partial charge in [0.2, 0.25) is 10.8 Å². The number of fused-ring (bicyclic) bond motifs is 2. The van der Waals surface area contributed by atoms with Crippen molar-refractivity contribution in [3.8, 4) is 0 Å². The van der Waals surface area contributed by atoms with Gasteiger partial charge in [0.25, 0.3) is 0 Å². The maximum absolute atomic E-state index is 12.5. The number of aromatic nitrogens is 5. The van der Waals surface area contributed by atoms with Gasteiger partial charge in [-0.2, -0.15) is 4.98 Å². The standard InChI is InChI=1S/C16H19N7O2S/c24-26-8-3-12-14(26)15(18-11-1-6-25-7-2-11)20-16(19-12)22-4-5-23-10-17-21-13(23)9-22/h1,10H,2-9H2,(H,18,19,20). The van der Waals surface area contributed by atoms with Gasteiger partial charge in [0.05, 0.1) is 19.8 Å². The van der Waals surface area contributed by atoms with E-state index in [1.165, 1.54) is 0 Å². The van der Waals surface area contributed by atoms with Crippen molar-refractivity contribution in [2.24, 2.45) is 0 Å². The summed E-state index contributed by atoms with van der Waals surface area (Å²) < 4.78 is 19.9. The molecule has 1 N–H and O–H groups in total. The Hall–Kier alpha value is -2.17. The van der Waals surface area contributed by atoms with Crippen molar-refractivity contribution in [3.63, 3.8) is 0 Å². The summed E-state index contributed by atoms with van der Waals surface area (Å²) >= 11 is -1.05. The SMILES string of the molecule is [O-][S+]1CCc2nc(N3CCn4cnnc4C3)nc(NC3=CCOCC3)c21. The quantitative estimate of drug-likeness (QED) is 0.774. The number of anilines is 2. The van der Waals surface area contributed by atoms with Gasteiger partial charge in [0.1, 0.15) is 17.8 Å². The van der Waals surface area contributed by atoms with Gasteiger partial charge in [-0.05, 0) is 17.3 Å². The van der Waals surface area contributed by atoms with Crippen LogP contribution in [0.1, 0.15) is 17.9 Å². The predicted octanol–water partition coefficient (Wildman–Crippen LogP) is 0.468. The van der Waals surface area contributed by atoms with Crippen molar-refractivity contribution < 1.29 is 9.29 Å². The Balaban J connectivity index is 1.49. The van der Waals surface area contributed by atoms with Crippen LogP contribution in [-0.2, 0) is 35.4 Å². The molecule has 0 aliphatic carbocycles. The van der Waals surface area contributed by atoms with Crippen LogP contribution in [-0.4, -0.2) is 54.8 Å². The minimum atomic E-state index is -1.05. The van der Waals surface area contributed by atoms with Gasteiger partial charge in [0, 0.05) is 31.6 Å². The van der Waals surface area contributed by atoms with Crippen LogP contribution in [0.2, 0.25) is 0 Å². The molecule has 0 saturated carbocycles. The lowest BCUT2D eigenvalue weighted by Gasteiger charge is -2.27. The third-order valence-corrected chi connectivity index (χ3v) is 6.30. The number of rotatable bonds is 3. The van der Waals surface area contributed by atoms with Crippen LogP contribution in [0.5, 0.6) is 0 Å². The summed E-state index contributed by atoms with van der Waals surface area (Å²) in [4.78, 5) is 12.3. The monoisotopic (exact) mass is 373 g/mol. The van der Waals surface area contributed by atoms with E-state index in [1.54, 1.807) is 6.33 Å². The van der Waals surface area contributed by atoms with Gasteiger partial charge >= 0.3 is 0 Å². The van der Waals surface area contributed by atoms with E-state index < -0.39 is 11.2 Å².